The first-order chi connectivity index (χ1) is 7.56. The lowest BCUT2D eigenvalue weighted by Crippen LogP contribution is -2.44. The van der Waals surface area contributed by atoms with E-state index in [0.717, 1.165) is 17.3 Å². The van der Waals surface area contributed by atoms with Gasteiger partial charge >= 0.3 is 0 Å². The van der Waals surface area contributed by atoms with E-state index in [-0.39, 0.29) is 5.54 Å². The molecule has 1 aromatic rings. The molecular weight excluding hydrogens is 289 g/mol. The molecule has 1 aromatic heterocycles. The Morgan fingerprint density at radius 3 is 2.56 bits per heavy atom. The van der Waals surface area contributed by atoms with E-state index < -0.39 is 0 Å². The van der Waals surface area contributed by atoms with E-state index in [1.807, 2.05) is 6.07 Å². The van der Waals surface area contributed by atoms with E-state index in [4.69, 9.17) is 17.3 Å². The number of hydrogen-bond donors (Lipinski definition) is 2. The summed E-state index contributed by atoms with van der Waals surface area (Å²) in [4.78, 5) is 4.26. The zero-order chi connectivity index (χ0) is 12.2. The van der Waals surface area contributed by atoms with Gasteiger partial charge in [0.2, 0.25) is 0 Å². The van der Waals surface area contributed by atoms with Crippen molar-refractivity contribution in [2.75, 3.05) is 11.9 Å². The first-order valence-electron chi connectivity index (χ1n) is 5.36. The van der Waals surface area contributed by atoms with Gasteiger partial charge in [-0.2, -0.15) is 0 Å². The van der Waals surface area contributed by atoms with Gasteiger partial charge in [0, 0.05) is 17.2 Å². The van der Waals surface area contributed by atoms with Crippen molar-refractivity contribution in [1.29, 1.82) is 0 Å². The summed E-state index contributed by atoms with van der Waals surface area (Å²) in [7, 11) is 0. The SMILES string of the molecule is CCC(CC)(CN)Nc1ncc(Br)cc1Cl. The second-order valence-corrected chi connectivity index (χ2v) is 5.12. The first kappa shape index (κ1) is 13.7. The molecule has 0 fully saturated rings. The van der Waals surface area contributed by atoms with Gasteiger partial charge in [0.1, 0.15) is 5.82 Å². The quantitative estimate of drug-likeness (QED) is 0.876. The second-order valence-electron chi connectivity index (χ2n) is 3.80. The van der Waals surface area contributed by atoms with Gasteiger partial charge in [0.25, 0.3) is 0 Å². The van der Waals surface area contributed by atoms with Crippen LogP contribution in [0, 0.1) is 0 Å². The third kappa shape index (κ3) is 3.09. The van der Waals surface area contributed by atoms with Crippen LogP contribution < -0.4 is 11.1 Å². The molecule has 0 aromatic carbocycles. The predicted molar refractivity (Wildman–Crippen MR) is 72.9 cm³/mol. The molecule has 0 radical (unpaired) electrons. The minimum atomic E-state index is -0.121. The number of pyridine rings is 1. The summed E-state index contributed by atoms with van der Waals surface area (Å²) in [6.07, 6.45) is 3.60. The fourth-order valence-electron chi connectivity index (χ4n) is 1.52. The van der Waals surface area contributed by atoms with Crippen LogP contribution in [0.3, 0.4) is 0 Å². The molecule has 1 rings (SSSR count). The number of hydrogen-bond acceptors (Lipinski definition) is 3. The van der Waals surface area contributed by atoms with Gasteiger partial charge in [-0.05, 0) is 34.8 Å². The maximum absolute atomic E-state index is 6.11. The number of halogens is 2. The third-order valence-electron chi connectivity index (χ3n) is 2.94. The molecule has 0 atom stereocenters. The fourth-order valence-corrected chi connectivity index (χ4v) is 2.20. The molecular formula is C11H17BrClN3. The molecule has 0 aliphatic carbocycles. The Labute approximate surface area is 110 Å². The molecule has 0 spiro atoms. The Morgan fingerprint density at radius 1 is 1.50 bits per heavy atom. The van der Waals surface area contributed by atoms with Crippen molar-refractivity contribution < 1.29 is 0 Å². The van der Waals surface area contributed by atoms with E-state index in [9.17, 15) is 0 Å². The van der Waals surface area contributed by atoms with Crippen LogP contribution in [0.15, 0.2) is 16.7 Å². The van der Waals surface area contributed by atoms with Gasteiger partial charge in [-0.3, -0.25) is 0 Å². The van der Waals surface area contributed by atoms with Crippen molar-refractivity contribution in [1.82, 2.24) is 4.98 Å². The summed E-state index contributed by atoms with van der Waals surface area (Å²) < 4.78 is 0.870. The van der Waals surface area contributed by atoms with Crippen LogP contribution in [0.2, 0.25) is 5.02 Å². The highest BCUT2D eigenvalue weighted by atomic mass is 79.9. The maximum Gasteiger partial charge on any atom is 0.145 e. The van der Waals surface area contributed by atoms with Crippen LogP contribution in [0.5, 0.6) is 0 Å². The molecule has 0 unspecified atom stereocenters. The Bertz CT molecular complexity index is 345. The molecule has 3 N–H and O–H groups in total. The minimum absolute atomic E-state index is 0.121. The van der Waals surface area contributed by atoms with Gasteiger partial charge in [0.05, 0.1) is 10.6 Å². The van der Waals surface area contributed by atoms with Gasteiger partial charge in [-0.1, -0.05) is 25.4 Å². The Morgan fingerprint density at radius 2 is 2.12 bits per heavy atom. The standard InChI is InChI=1S/C11H17BrClN3/c1-3-11(4-2,7-14)16-10-9(13)5-8(12)6-15-10/h5-6H,3-4,7,14H2,1-2H3,(H,15,16). The number of anilines is 1. The number of nitrogens with two attached hydrogens (primary N) is 1. The molecule has 0 saturated carbocycles. The molecule has 16 heavy (non-hydrogen) atoms. The normalized spacial score (nSPS) is 11.6. The number of nitrogens with one attached hydrogen (secondary N) is 1. The average molecular weight is 307 g/mol. The van der Waals surface area contributed by atoms with Crippen molar-refractivity contribution in [3.63, 3.8) is 0 Å². The molecule has 0 aliphatic rings. The lowest BCUT2D eigenvalue weighted by Gasteiger charge is -2.32. The van der Waals surface area contributed by atoms with Crippen LogP contribution in [0.1, 0.15) is 26.7 Å². The molecule has 5 heteroatoms. The molecule has 0 saturated heterocycles. The van der Waals surface area contributed by atoms with Crippen molar-refractivity contribution in [2.45, 2.75) is 32.2 Å². The summed E-state index contributed by atoms with van der Waals surface area (Å²) in [6, 6.07) is 1.82. The largest absolute Gasteiger partial charge is 0.362 e. The molecule has 0 amide bonds. The zero-order valence-corrected chi connectivity index (χ0v) is 11.9. The molecule has 0 bridgehead atoms. The zero-order valence-electron chi connectivity index (χ0n) is 9.56. The number of rotatable bonds is 5. The minimum Gasteiger partial charge on any atom is -0.362 e. The summed E-state index contributed by atoms with van der Waals surface area (Å²) in [6.45, 7) is 4.78. The predicted octanol–water partition coefficient (Wildman–Crippen LogP) is 3.43. The monoisotopic (exact) mass is 305 g/mol. The van der Waals surface area contributed by atoms with Gasteiger partial charge < -0.3 is 11.1 Å². The van der Waals surface area contributed by atoms with Gasteiger partial charge in [-0.25, -0.2) is 4.98 Å². The second kappa shape index (κ2) is 5.84. The summed E-state index contributed by atoms with van der Waals surface area (Å²) in [5, 5.41) is 3.95. The van der Waals surface area contributed by atoms with Crippen LogP contribution in [0.4, 0.5) is 5.82 Å². The Kier molecular flexibility index (Phi) is 5.02. The van der Waals surface area contributed by atoms with Crippen LogP contribution in [-0.4, -0.2) is 17.1 Å². The van der Waals surface area contributed by atoms with Crippen molar-refractivity contribution in [3.8, 4) is 0 Å². The van der Waals surface area contributed by atoms with Gasteiger partial charge in [-0.15, -0.1) is 0 Å². The van der Waals surface area contributed by atoms with E-state index in [0.29, 0.717) is 17.4 Å². The van der Waals surface area contributed by atoms with Gasteiger partial charge in [0.15, 0.2) is 0 Å². The highest BCUT2D eigenvalue weighted by molar-refractivity contribution is 9.10. The summed E-state index contributed by atoms with van der Waals surface area (Å²) in [5.74, 6) is 0.694. The number of aromatic nitrogens is 1. The molecule has 0 aliphatic heterocycles. The third-order valence-corrected chi connectivity index (χ3v) is 3.66. The topological polar surface area (TPSA) is 50.9 Å². The average Bonchev–Trinajstić information content (AvgIpc) is 2.29. The lowest BCUT2D eigenvalue weighted by atomic mass is 9.93. The Hall–Kier alpha value is -0.320. The van der Waals surface area contributed by atoms with Crippen LogP contribution in [0.25, 0.3) is 0 Å². The summed E-state index contributed by atoms with van der Waals surface area (Å²) >= 11 is 9.44. The van der Waals surface area contributed by atoms with Crippen LogP contribution >= 0.6 is 27.5 Å². The summed E-state index contributed by atoms with van der Waals surface area (Å²) in [5.41, 5.74) is 5.69. The fraction of sp³-hybridized carbons (Fsp3) is 0.545. The van der Waals surface area contributed by atoms with E-state index >= 15 is 0 Å². The smallest absolute Gasteiger partial charge is 0.145 e. The molecule has 1 heterocycles. The van der Waals surface area contributed by atoms with Crippen molar-refractivity contribution >= 4 is 33.3 Å². The van der Waals surface area contributed by atoms with Crippen molar-refractivity contribution in [2.24, 2.45) is 5.73 Å². The van der Waals surface area contributed by atoms with E-state index in [1.54, 1.807) is 6.20 Å². The molecule has 3 nitrogen and oxygen atoms in total. The highest BCUT2D eigenvalue weighted by Crippen LogP contribution is 2.27. The lowest BCUT2D eigenvalue weighted by molar-refractivity contribution is 0.444. The Balaban J connectivity index is 2.93. The molecule has 90 valence electrons. The van der Waals surface area contributed by atoms with Crippen LogP contribution in [-0.2, 0) is 0 Å². The number of nitrogens with zero attached hydrogens (tertiary/aromatic N) is 1. The highest BCUT2D eigenvalue weighted by Gasteiger charge is 2.25. The maximum atomic E-state index is 6.11. The van der Waals surface area contributed by atoms with E-state index in [1.165, 1.54) is 0 Å². The van der Waals surface area contributed by atoms with Crippen molar-refractivity contribution in [3.05, 3.63) is 21.8 Å². The van der Waals surface area contributed by atoms with E-state index in [2.05, 4.69) is 40.1 Å². The first-order valence-corrected chi connectivity index (χ1v) is 6.53.